The van der Waals surface area contributed by atoms with Crippen LogP contribution >= 0.6 is 0 Å². The van der Waals surface area contributed by atoms with E-state index in [1.165, 1.54) is 0 Å². The van der Waals surface area contributed by atoms with Crippen molar-refractivity contribution in [1.82, 2.24) is 5.43 Å². The van der Waals surface area contributed by atoms with E-state index in [1.807, 2.05) is 49.4 Å². The van der Waals surface area contributed by atoms with E-state index in [0.717, 1.165) is 16.0 Å². The van der Waals surface area contributed by atoms with Crippen molar-refractivity contribution in [2.45, 2.75) is 19.4 Å². The molecule has 6 nitrogen and oxygen atoms in total. The van der Waals surface area contributed by atoms with Crippen molar-refractivity contribution in [1.29, 1.82) is 0 Å². The second kappa shape index (κ2) is 6.22. The molecule has 6 heteroatoms. The van der Waals surface area contributed by atoms with Crippen molar-refractivity contribution >= 4 is 29.0 Å². The summed E-state index contributed by atoms with van der Waals surface area (Å²) in [5.41, 5.74) is 5.20. The summed E-state index contributed by atoms with van der Waals surface area (Å²) in [4.78, 5) is 39.3. The Bertz CT molecular complexity index is 919. The van der Waals surface area contributed by atoms with Gasteiger partial charge in [-0.25, -0.2) is 4.90 Å². The Morgan fingerprint density at radius 2 is 1.73 bits per heavy atom. The average molecular weight is 347 g/mol. The molecule has 0 aromatic heterocycles. The molecular formula is C20H17N3O3. The molecule has 1 saturated heterocycles. The first-order valence-electron chi connectivity index (χ1n) is 8.41. The van der Waals surface area contributed by atoms with E-state index in [-0.39, 0.29) is 23.8 Å². The first-order valence-corrected chi connectivity index (χ1v) is 8.41. The number of carbonyl (C=O) groups excluding carboxylic acids is 3. The van der Waals surface area contributed by atoms with Crippen LogP contribution in [0.3, 0.4) is 0 Å². The molecule has 2 aliphatic heterocycles. The second-order valence-electron chi connectivity index (χ2n) is 6.51. The van der Waals surface area contributed by atoms with Gasteiger partial charge in [-0.2, -0.15) is 5.10 Å². The number of rotatable bonds is 4. The number of aryl methyl sites for hydroxylation is 1. The Balaban J connectivity index is 1.58. The van der Waals surface area contributed by atoms with Crippen LogP contribution in [0.25, 0.3) is 0 Å². The smallest absolute Gasteiger partial charge is 0.259 e. The van der Waals surface area contributed by atoms with Gasteiger partial charge in [-0.3, -0.25) is 19.8 Å². The van der Waals surface area contributed by atoms with Crippen molar-refractivity contribution in [3.8, 4) is 0 Å². The van der Waals surface area contributed by atoms with Gasteiger partial charge in [-0.1, -0.05) is 48.0 Å². The number of imide groups is 1. The summed E-state index contributed by atoms with van der Waals surface area (Å²) < 4.78 is 0. The lowest BCUT2D eigenvalue weighted by molar-refractivity contribution is -0.122. The molecular weight excluding hydrogens is 330 g/mol. The number of nitrogens with one attached hydrogen (secondary N) is 1. The number of fused-ring (bicyclic) bond motifs is 1. The Morgan fingerprint density at radius 3 is 2.42 bits per heavy atom. The first kappa shape index (κ1) is 16.2. The normalized spacial score (nSPS) is 21.4. The molecule has 0 radical (unpaired) electrons. The van der Waals surface area contributed by atoms with Crippen LogP contribution in [0.1, 0.15) is 11.1 Å². The number of amides is 2. The lowest BCUT2D eigenvalue weighted by Gasteiger charge is -2.15. The lowest BCUT2D eigenvalue weighted by Crippen LogP contribution is -2.36. The fourth-order valence-corrected chi connectivity index (χ4v) is 3.34. The first-order chi connectivity index (χ1) is 12.6. The van der Waals surface area contributed by atoms with E-state index in [9.17, 15) is 14.4 Å². The summed E-state index contributed by atoms with van der Waals surface area (Å²) in [6, 6.07) is 15.6. The van der Waals surface area contributed by atoms with Crippen molar-refractivity contribution in [3.05, 3.63) is 65.7 Å². The number of nitrogens with zero attached hydrogens (tertiary/aromatic N) is 2. The number of hydrogen-bond acceptors (Lipinski definition) is 5. The van der Waals surface area contributed by atoms with Gasteiger partial charge in [0.05, 0.1) is 5.69 Å². The Hall–Kier alpha value is -3.28. The van der Waals surface area contributed by atoms with Crippen LogP contribution in [0.4, 0.5) is 5.69 Å². The molecule has 130 valence electrons. The zero-order chi connectivity index (χ0) is 18.3. The molecule has 2 unspecified atom stereocenters. The molecule has 0 bridgehead atoms. The third kappa shape index (κ3) is 2.60. The summed E-state index contributed by atoms with van der Waals surface area (Å²) in [5.74, 6) is -1.90. The fourth-order valence-electron chi connectivity index (χ4n) is 3.34. The minimum absolute atomic E-state index is 0.131. The summed E-state index contributed by atoms with van der Waals surface area (Å²) in [6.07, 6.45) is 0.149. The Morgan fingerprint density at radius 1 is 1.04 bits per heavy atom. The van der Waals surface area contributed by atoms with Gasteiger partial charge in [-0.05, 0) is 24.6 Å². The highest BCUT2D eigenvalue weighted by Gasteiger charge is 2.55. The topological polar surface area (TPSA) is 78.8 Å². The van der Waals surface area contributed by atoms with Gasteiger partial charge in [0, 0.05) is 6.42 Å². The maximum Gasteiger partial charge on any atom is 0.259 e. The average Bonchev–Trinajstić information content (AvgIpc) is 3.18. The molecule has 4 rings (SSSR count). The van der Waals surface area contributed by atoms with E-state index in [2.05, 4.69) is 10.5 Å². The van der Waals surface area contributed by atoms with Crippen LogP contribution in [0, 0.1) is 12.8 Å². The summed E-state index contributed by atoms with van der Waals surface area (Å²) in [7, 11) is 0. The number of benzene rings is 2. The van der Waals surface area contributed by atoms with Gasteiger partial charge in [0.25, 0.3) is 5.91 Å². The molecule has 0 saturated carbocycles. The molecule has 0 aliphatic carbocycles. The number of hydrogen-bond donors (Lipinski definition) is 1. The third-order valence-electron chi connectivity index (χ3n) is 4.71. The van der Waals surface area contributed by atoms with Crippen molar-refractivity contribution in [2.24, 2.45) is 11.0 Å². The molecule has 2 aromatic carbocycles. The molecule has 0 spiro atoms. The largest absolute Gasteiger partial charge is 0.296 e. The SMILES string of the molecule is Cc1ccc(N2C(=O)C3NN=C(C(=O)Cc4ccccc4)C3C2=O)cc1. The molecule has 2 atom stereocenters. The van der Waals surface area contributed by atoms with Crippen LogP contribution in [-0.4, -0.2) is 29.4 Å². The van der Waals surface area contributed by atoms with Gasteiger partial charge in [0.15, 0.2) is 5.78 Å². The van der Waals surface area contributed by atoms with E-state index in [4.69, 9.17) is 0 Å². The van der Waals surface area contributed by atoms with Crippen molar-refractivity contribution in [2.75, 3.05) is 4.90 Å². The van der Waals surface area contributed by atoms with Crippen molar-refractivity contribution < 1.29 is 14.4 Å². The number of hydrazone groups is 1. The highest BCUT2D eigenvalue weighted by Crippen LogP contribution is 2.31. The molecule has 26 heavy (non-hydrogen) atoms. The zero-order valence-electron chi connectivity index (χ0n) is 14.2. The zero-order valence-corrected chi connectivity index (χ0v) is 14.2. The van der Waals surface area contributed by atoms with Gasteiger partial charge in [-0.15, -0.1) is 0 Å². The second-order valence-corrected chi connectivity index (χ2v) is 6.51. The Labute approximate surface area is 150 Å². The molecule has 2 amide bonds. The van der Waals surface area contributed by atoms with Gasteiger partial charge < -0.3 is 0 Å². The fraction of sp³-hybridized carbons (Fsp3) is 0.200. The van der Waals surface area contributed by atoms with Crippen molar-refractivity contribution in [3.63, 3.8) is 0 Å². The van der Waals surface area contributed by atoms with Crippen LogP contribution in [0.5, 0.6) is 0 Å². The highest BCUT2D eigenvalue weighted by molar-refractivity contribution is 6.49. The van der Waals surface area contributed by atoms with Crippen LogP contribution in [0.15, 0.2) is 59.7 Å². The summed E-state index contributed by atoms with van der Waals surface area (Å²) >= 11 is 0. The molecule has 2 aromatic rings. The molecule has 1 N–H and O–H groups in total. The number of anilines is 1. The lowest BCUT2D eigenvalue weighted by atomic mass is 9.93. The predicted molar refractivity (Wildman–Crippen MR) is 96.7 cm³/mol. The quantitative estimate of drug-likeness (QED) is 0.853. The number of carbonyl (C=O) groups is 3. The predicted octanol–water partition coefficient (Wildman–Crippen LogP) is 1.62. The molecule has 1 fully saturated rings. The summed E-state index contributed by atoms with van der Waals surface area (Å²) in [5, 5.41) is 4.01. The van der Waals surface area contributed by atoms with Gasteiger partial charge in [0.1, 0.15) is 17.7 Å². The van der Waals surface area contributed by atoms with Gasteiger partial charge >= 0.3 is 0 Å². The highest BCUT2D eigenvalue weighted by atomic mass is 16.2. The Kier molecular flexibility index (Phi) is 3.88. The van der Waals surface area contributed by atoms with E-state index >= 15 is 0 Å². The van der Waals surface area contributed by atoms with E-state index < -0.39 is 17.9 Å². The third-order valence-corrected chi connectivity index (χ3v) is 4.71. The number of Topliss-reactive ketones (excluding diaryl/α,β-unsaturated/α-hetero) is 1. The molecule has 2 heterocycles. The minimum atomic E-state index is -0.861. The molecule has 2 aliphatic rings. The van der Waals surface area contributed by atoms with E-state index in [0.29, 0.717) is 5.69 Å². The van der Waals surface area contributed by atoms with Crippen LogP contribution in [-0.2, 0) is 20.8 Å². The number of ketones is 1. The van der Waals surface area contributed by atoms with E-state index in [1.54, 1.807) is 12.1 Å². The van der Waals surface area contributed by atoms with Crippen LogP contribution < -0.4 is 10.3 Å². The van der Waals surface area contributed by atoms with Crippen LogP contribution in [0.2, 0.25) is 0 Å². The summed E-state index contributed by atoms with van der Waals surface area (Å²) in [6.45, 7) is 1.93. The maximum absolute atomic E-state index is 12.9. The maximum atomic E-state index is 12.9. The standard InChI is InChI=1S/C20H17N3O3/c1-12-7-9-14(10-8-12)23-19(25)16-17(21-22-18(16)20(23)26)15(24)11-13-5-3-2-4-6-13/h2-10,16,18,22H,11H2,1H3. The monoisotopic (exact) mass is 347 g/mol. The van der Waals surface area contributed by atoms with Gasteiger partial charge in [0.2, 0.25) is 5.91 Å². The minimum Gasteiger partial charge on any atom is -0.296 e.